The predicted octanol–water partition coefficient (Wildman–Crippen LogP) is 7.68. The van der Waals surface area contributed by atoms with E-state index in [1.165, 1.54) is 0 Å². The molecule has 10 rings (SSSR count). The molecule has 4 bridgehead atoms. The van der Waals surface area contributed by atoms with Crippen molar-refractivity contribution >= 4 is 17.3 Å². The van der Waals surface area contributed by atoms with Crippen LogP contribution in [-0.4, -0.2) is 28.3 Å². The van der Waals surface area contributed by atoms with Crippen LogP contribution < -0.4 is 4.90 Å². The molecule has 0 aliphatic heterocycles. The van der Waals surface area contributed by atoms with Crippen molar-refractivity contribution in [2.24, 2.45) is 10.8 Å². The van der Waals surface area contributed by atoms with E-state index in [9.17, 15) is 9.18 Å². The number of hydrogen-bond donors (Lipinski definition) is 0. The third-order valence-corrected chi connectivity index (χ3v) is 10.9. The van der Waals surface area contributed by atoms with E-state index in [0.717, 1.165) is 79.9 Å². The molecule has 7 fully saturated rings. The fraction of sp³-hybridized carbons (Fsp3) is 0.515. The number of anilines is 1. The Bertz CT molecular complexity index is 1520. The summed E-state index contributed by atoms with van der Waals surface area (Å²) in [5, 5.41) is 4.30. The monoisotopic (exact) mass is 536 g/mol. The maximum absolute atomic E-state index is 14.5. The van der Waals surface area contributed by atoms with Crippen LogP contribution >= 0.6 is 0 Å². The molecule has 6 nitrogen and oxygen atoms in total. The van der Waals surface area contributed by atoms with E-state index >= 15 is 0 Å². The molecular formula is C33H33FN4O2. The molecular weight excluding hydrogens is 503 g/mol. The van der Waals surface area contributed by atoms with Crippen LogP contribution in [-0.2, 0) is 10.2 Å². The number of hydrogen-bond acceptors (Lipinski definition) is 4. The lowest BCUT2D eigenvalue weighted by Gasteiger charge is -2.65. The van der Waals surface area contributed by atoms with Crippen LogP contribution in [0.25, 0.3) is 16.0 Å². The zero-order valence-electron chi connectivity index (χ0n) is 22.7. The summed E-state index contributed by atoms with van der Waals surface area (Å²) in [6, 6.07) is 15.7. The van der Waals surface area contributed by atoms with Gasteiger partial charge in [-0.25, -0.2) is 9.24 Å². The van der Waals surface area contributed by atoms with Crippen LogP contribution in [0.4, 0.5) is 15.8 Å². The standard InChI is InChI=1S/C33H33FN4O2/c1-35-25-6-2-4-23(16-25)24-5-3-7-26(17-24)38(29(39)32-18-33(34,19-32)20-32)21-30-10-13-31(14-11-30,15-12-30)28-36-27(37-40-28)22-8-9-22/h2-7,16-17,22H,8-15,18-21H2. The summed E-state index contributed by atoms with van der Waals surface area (Å²) in [5.74, 6) is 2.28. The number of aromatic nitrogens is 2. The normalized spacial score (nSPS) is 33.5. The number of carbonyl (C=O) groups excluding carboxylic acids is 1. The second-order valence-corrected chi connectivity index (χ2v) is 13.6. The van der Waals surface area contributed by atoms with Crippen molar-refractivity contribution in [2.45, 2.75) is 87.6 Å². The zero-order chi connectivity index (χ0) is 27.2. The van der Waals surface area contributed by atoms with Crippen LogP contribution in [0, 0.1) is 17.4 Å². The molecule has 0 N–H and O–H groups in total. The maximum atomic E-state index is 14.5. The fourth-order valence-corrected chi connectivity index (χ4v) is 8.18. The summed E-state index contributed by atoms with van der Waals surface area (Å²) in [6.07, 6.45) is 9.47. The Morgan fingerprint density at radius 3 is 2.33 bits per heavy atom. The molecule has 7 saturated carbocycles. The molecule has 0 atom stereocenters. The number of nitrogens with zero attached hydrogens (tertiary/aromatic N) is 4. The first-order chi connectivity index (χ1) is 19.3. The Balaban J connectivity index is 1.08. The van der Waals surface area contributed by atoms with Crippen LogP contribution in [0.2, 0.25) is 0 Å². The Morgan fingerprint density at radius 2 is 1.68 bits per heavy atom. The number of fused-ring (bicyclic) bond motifs is 3. The average molecular weight is 537 g/mol. The molecule has 3 aromatic rings. The third-order valence-electron chi connectivity index (χ3n) is 10.9. The Morgan fingerprint density at radius 1 is 1.00 bits per heavy atom. The highest BCUT2D eigenvalue weighted by molar-refractivity contribution is 6.00. The van der Waals surface area contributed by atoms with Crippen LogP contribution in [0.3, 0.4) is 0 Å². The van der Waals surface area contributed by atoms with Crippen molar-refractivity contribution in [1.82, 2.24) is 10.1 Å². The van der Waals surface area contributed by atoms with Crippen molar-refractivity contribution in [3.05, 3.63) is 71.7 Å². The smallest absolute Gasteiger partial charge is 0.233 e. The molecule has 7 heteroatoms. The van der Waals surface area contributed by atoms with Gasteiger partial charge in [-0.15, -0.1) is 0 Å². The van der Waals surface area contributed by atoms with Crippen molar-refractivity contribution < 1.29 is 13.7 Å². The van der Waals surface area contributed by atoms with Gasteiger partial charge in [0.1, 0.15) is 5.67 Å². The second kappa shape index (κ2) is 8.25. The summed E-state index contributed by atoms with van der Waals surface area (Å²) in [5.41, 5.74) is 1.74. The Hall–Kier alpha value is -3.53. The van der Waals surface area contributed by atoms with Crippen LogP contribution in [0.1, 0.15) is 88.3 Å². The number of alkyl halides is 1. The zero-order valence-corrected chi connectivity index (χ0v) is 22.7. The number of halogens is 1. The van der Waals surface area contributed by atoms with Gasteiger partial charge in [0, 0.05) is 23.6 Å². The minimum Gasteiger partial charge on any atom is -0.339 e. The van der Waals surface area contributed by atoms with E-state index in [-0.39, 0.29) is 16.7 Å². The predicted molar refractivity (Wildman–Crippen MR) is 149 cm³/mol. The molecule has 0 saturated heterocycles. The summed E-state index contributed by atoms with van der Waals surface area (Å²) < 4.78 is 20.4. The van der Waals surface area contributed by atoms with Gasteiger partial charge in [-0.1, -0.05) is 35.5 Å². The van der Waals surface area contributed by atoms with Crippen LogP contribution in [0.5, 0.6) is 0 Å². The van der Waals surface area contributed by atoms with Crippen molar-refractivity contribution in [1.29, 1.82) is 0 Å². The fourth-order valence-electron chi connectivity index (χ4n) is 8.18. The number of amides is 1. The molecule has 1 heterocycles. The van der Waals surface area contributed by atoms with Gasteiger partial charge in [0.25, 0.3) is 0 Å². The van der Waals surface area contributed by atoms with Crippen molar-refractivity contribution in [3.63, 3.8) is 0 Å². The van der Waals surface area contributed by atoms with E-state index in [2.05, 4.69) is 16.1 Å². The maximum Gasteiger partial charge on any atom is 0.233 e. The van der Waals surface area contributed by atoms with Gasteiger partial charge >= 0.3 is 0 Å². The SMILES string of the molecule is [C-]#[N+]c1cccc(-c2cccc(N(CC34CCC(c5nc(C6CC6)no5)(CC3)CC4)C(=O)C34CC(F)(C3)C4)c2)c1. The lowest BCUT2D eigenvalue weighted by molar-refractivity contribution is -0.211. The largest absolute Gasteiger partial charge is 0.339 e. The summed E-state index contributed by atoms with van der Waals surface area (Å²) in [4.78, 5) is 24.6. The van der Waals surface area contributed by atoms with Crippen molar-refractivity contribution in [2.75, 3.05) is 11.4 Å². The molecule has 2 aromatic carbocycles. The first-order valence-electron chi connectivity index (χ1n) is 14.8. The highest BCUT2D eigenvalue weighted by Crippen LogP contribution is 2.70. The van der Waals surface area contributed by atoms with Crippen LogP contribution in [0.15, 0.2) is 53.1 Å². The van der Waals surface area contributed by atoms with Gasteiger partial charge in [-0.3, -0.25) is 4.79 Å². The van der Waals surface area contributed by atoms with Gasteiger partial charge in [-0.2, -0.15) is 4.98 Å². The van der Waals surface area contributed by atoms with Gasteiger partial charge in [0.15, 0.2) is 11.5 Å². The number of rotatable bonds is 7. The first kappa shape index (κ1) is 24.3. The Kier molecular flexibility index (Phi) is 5.01. The lowest BCUT2D eigenvalue weighted by Crippen LogP contribution is -2.71. The van der Waals surface area contributed by atoms with Crippen molar-refractivity contribution in [3.8, 4) is 11.1 Å². The van der Waals surface area contributed by atoms with Gasteiger partial charge in [0.2, 0.25) is 11.8 Å². The molecule has 0 radical (unpaired) electrons. The number of benzene rings is 2. The molecule has 1 amide bonds. The topological polar surface area (TPSA) is 63.6 Å². The van der Waals surface area contributed by atoms with E-state index in [4.69, 9.17) is 16.1 Å². The summed E-state index contributed by atoms with van der Waals surface area (Å²) >= 11 is 0. The molecule has 0 unspecified atom stereocenters. The molecule has 204 valence electrons. The molecule has 7 aliphatic rings. The van der Waals surface area contributed by atoms with E-state index in [1.807, 2.05) is 41.3 Å². The summed E-state index contributed by atoms with van der Waals surface area (Å²) in [6.45, 7) is 8.05. The lowest BCUT2D eigenvalue weighted by atomic mass is 9.41. The highest BCUT2D eigenvalue weighted by atomic mass is 19.1. The Labute approximate surface area is 233 Å². The average Bonchev–Trinajstić information content (AvgIpc) is 3.70. The highest BCUT2D eigenvalue weighted by Gasteiger charge is 2.73. The number of carbonyl (C=O) groups is 1. The molecule has 1 aromatic heterocycles. The van der Waals surface area contributed by atoms with E-state index in [1.54, 1.807) is 6.07 Å². The minimum atomic E-state index is -1.12. The minimum absolute atomic E-state index is 0.0287. The van der Waals surface area contributed by atoms with Gasteiger partial charge in [0.05, 0.1) is 12.0 Å². The van der Waals surface area contributed by atoms with E-state index in [0.29, 0.717) is 37.4 Å². The molecule has 0 spiro atoms. The molecule has 40 heavy (non-hydrogen) atoms. The second-order valence-electron chi connectivity index (χ2n) is 13.6. The van der Waals surface area contributed by atoms with Gasteiger partial charge < -0.3 is 9.42 Å². The first-order valence-corrected chi connectivity index (χ1v) is 14.8. The van der Waals surface area contributed by atoms with E-state index < -0.39 is 11.1 Å². The third kappa shape index (κ3) is 3.68. The summed E-state index contributed by atoms with van der Waals surface area (Å²) in [7, 11) is 0. The van der Waals surface area contributed by atoms with Gasteiger partial charge in [-0.05, 0) is 105 Å². The molecule has 7 aliphatic carbocycles. The quantitative estimate of drug-likeness (QED) is 0.291.